The fourth-order valence-electron chi connectivity index (χ4n) is 0. The van der Waals surface area contributed by atoms with Gasteiger partial charge in [-0.2, -0.15) is 0 Å². The van der Waals surface area contributed by atoms with Gasteiger partial charge in [0.15, 0.2) is 0 Å². The van der Waals surface area contributed by atoms with E-state index < -0.39 is 0 Å². The zero-order valence-corrected chi connectivity index (χ0v) is 5.42. The summed E-state index contributed by atoms with van der Waals surface area (Å²) in [4.78, 5) is 0. The van der Waals surface area contributed by atoms with Gasteiger partial charge < -0.3 is 18.4 Å². The Balaban J connectivity index is 0. The molecule has 0 spiro atoms. The van der Waals surface area contributed by atoms with Crippen molar-refractivity contribution < 1.29 is 43.7 Å². The molecule has 0 amide bonds. The third-order valence-electron chi connectivity index (χ3n) is 0. The van der Waals surface area contributed by atoms with E-state index in [1.54, 1.807) is 0 Å². The average Bonchev–Trinajstić information content (AvgIpc) is 0. The topological polar surface area (TPSA) is 63.0 Å². The smallest absolute Gasteiger partial charge is 0 e. The Morgan fingerprint density at radius 3 is 0.750 bits per heavy atom. The van der Waals surface area contributed by atoms with Gasteiger partial charge in [0, 0.05) is 32.7 Å². The van der Waals surface area contributed by atoms with Crippen LogP contribution in [-0.4, -0.2) is 11.0 Å². The molecule has 0 heterocycles. The van der Waals surface area contributed by atoms with Crippen LogP contribution in [-0.2, 0) is 32.7 Å². The molecule has 3 heteroatoms. The first-order chi connectivity index (χ1) is 0. The van der Waals surface area contributed by atoms with E-state index in [1.807, 2.05) is 0 Å². The first kappa shape index (κ1) is 77.6. The minimum absolute atomic E-state index is 0. The zero-order valence-electron chi connectivity index (χ0n) is 2.58. The molecule has 0 atom stereocenters. The molecular formula is CH7O2Y-. The molecule has 0 saturated heterocycles. The molecule has 2 nitrogen and oxygen atoms in total. The molecule has 0 bridgehead atoms. The molecule has 0 aliphatic carbocycles. The zero-order chi connectivity index (χ0) is 0. The number of hydrogen-bond donors (Lipinski definition) is 0. The summed E-state index contributed by atoms with van der Waals surface area (Å²) in [6.07, 6.45) is 0. The van der Waals surface area contributed by atoms with Gasteiger partial charge in [0.2, 0.25) is 0 Å². The molecule has 0 aliphatic heterocycles. The van der Waals surface area contributed by atoms with E-state index in [9.17, 15) is 0 Å². The Kier molecular flexibility index (Phi) is 681. The summed E-state index contributed by atoms with van der Waals surface area (Å²) in [6, 6.07) is 0. The number of hydrogen-bond acceptors (Lipinski definition) is 0. The minimum atomic E-state index is 0. The average molecular weight is 140 g/mol. The predicted molar refractivity (Wildman–Crippen MR) is 13.6 cm³/mol. The van der Waals surface area contributed by atoms with Gasteiger partial charge in [-0.1, -0.05) is 0 Å². The Hall–Kier alpha value is 1.02. The molecule has 4 heavy (non-hydrogen) atoms. The van der Waals surface area contributed by atoms with Crippen molar-refractivity contribution in [2.24, 2.45) is 0 Å². The quantitative estimate of drug-likeness (QED) is 0.379. The standard InChI is InChI=1S/CH3.2H2O.Y/h1H3;2*1H2;/q-1;;;. The molecule has 0 unspecified atom stereocenters. The van der Waals surface area contributed by atoms with Crippen molar-refractivity contribution in [3.8, 4) is 0 Å². The van der Waals surface area contributed by atoms with Crippen LogP contribution < -0.4 is 0 Å². The molecule has 4 N–H and O–H groups in total. The first-order valence-corrected chi connectivity index (χ1v) is 0. The summed E-state index contributed by atoms with van der Waals surface area (Å²) in [5.74, 6) is 0. The summed E-state index contributed by atoms with van der Waals surface area (Å²) >= 11 is 0. The number of rotatable bonds is 0. The van der Waals surface area contributed by atoms with Crippen LogP contribution in [0.5, 0.6) is 0 Å². The summed E-state index contributed by atoms with van der Waals surface area (Å²) in [7, 11) is 0. The van der Waals surface area contributed by atoms with Gasteiger partial charge >= 0.3 is 0 Å². The molecule has 0 saturated carbocycles. The second-order valence-electron chi connectivity index (χ2n) is 0. The SMILES string of the molecule is O.O.[CH3-].[Y]. The van der Waals surface area contributed by atoms with Crippen molar-refractivity contribution in [1.82, 2.24) is 0 Å². The molecule has 0 rings (SSSR count). The van der Waals surface area contributed by atoms with Crippen molar-refractivity contribution in [1.29, 1.82) is 0 Å². The molecule has 27 valence electrons. The van der Waals surface area contributed by atoms with Gasteiger partial charge in [-0.25, -0.2) is 0 Å². The normalized spacial score (nSPS) is 0. The fraction of sp³-hybridized carbons (Fsp3) is 0. The first-order valence-electron chi connectivity index (χ1n) is 0. The van der Waals surface area contributed by atoms with Gasteiger partial charge in [0.25, 0.3) is 0 Å². The van der Waals surface area contributed by atoms with Crippen LogP contribution in [0.3, 0.4) is 0 Å². The maximum atomic E-state index is 0. The summed E-state index contributed by atoms with van der Waals surface area (Å²) in [5, 5.41) is 0. The van der Waals surface area contributed by atoms with Gasteiger partial charge in [0.05, 0.1) is 0 Å². The van der Waals surface area contributed by atoms with E-state index in [4.69, 9.17) is 0 Å². The van der Waals surface area contributed by atoms with E-state index in [1.165, 1.54) is 0 Å². The van der Waals surface area contributed by atoms with Gasteiger partial charge in [-0.15, -0.1) is 0 Å². The predicted octanol–water partition coefficient (Wildman–Crippen LogP) is -1.20. The Bertz CT molecular complexity index is 6.00. The van der Waals surface area contributed by atoms with E-state index in [0.29, 0.717) is 0 Å². The van der Waals surface area contributed by atoms with Crippen LogP contribution in [0.4, 0.5) is 0 Å². The van der Waals surface area contributed by atoms with E-state index >= 15 is 0 Å². The largest absolute Gasteiger partial charge is 0.412 e. The monoisotopic (exact) mass is 140 g/mol. The third-order valence-corrected chi connectivity index (χ3v) is 0. The van der Waals surface area contributed by atoms with Crippen LogP contribution in [0, 0.1) is 7.43 Å². The Labute approximate surface area is 51.1 Å². The summed E-state index contributed by atoms with van der Waals surface area (Å²) < 4.78 is 0. The maximum Gasteiger partial charge on any atom is 0 e. The molecule has 0 aromatic heterocycles. The molecule has 0 aromatic carbocycles. The molecular weight excluding hydrogens is 133 g/mol. The molecule has 0 aromatic rings. The molecule has 1 radical (unpaired) electrons. The summed E-state index contributed by atoms with van der Waals surface area (Å²) in [5.41, 5.74) is 0. The summed E-state index contributed by atoms with van der Waals surface area (Å²) in [6.45, 7) is 0. The van der Waals surface area contributed by atoms with Crippen molar-refractivity contribution in [2.45, 2.75) is 0 Å². The Morgan fingerprint density at radius 2 is 0.750 bits per heavy atom. The van der Waals surface area contributed by atoms with Gasteiger partial charge in [0.1, 0.15) is 0 Å². The van der Waals surface area contributed by atoms with Crippen LogP contribution in [0.15, 0.2) is 0 Å². The van der Waals surface area contributed by atoms with Crippen molar-refractivity contribution >= 4 is 0 Å². The van der Waals surface area contributed by atoms with Crippen LogP contribution in [0.25, 0.3) is 0 Å². The minimum Gasteiger partial charge on any atom is -0.412 e. The second kappa shape index (κ2) is 35.1. The Morgan fingerprint density at radius 1 is 0.750 bits per heavy atom. The van der Waals surface area contributed by atoms with Gasteiger partial charge in [-0.3, -0.25) is 0 Å². The van der Waals surface area contributed by atoms with Crippen LogP contribution in [0.2, 0.25) is 0 Å². The van der Waals surface area contributed by atoms with Crippen molar-refractivity contribution in [3.05, 3.63) is 7.43 Å². The second-order valence-corrected chi connectivity index (χ2v) is 0. The maximum absolute atomic E-state index is 0. The van der Waals surface area contributed by atoms with Crippen molar-refractivity contribution in [2.75, 3.05) is 0 Å². The van der Waals surface area contributed by atoms with Crippen molar-refractivity contribution in [3.63, 3.8) is 0 Å². The van der Waals surface area contributed by atoms with Gasteiger partial charge in [-0.05, 0) is 0 Å². The molecule has 0 aliphatic rings. The third kappa shape index (κ3) is 11.8. The fourth-order valence-corrected chi connectivity index (χ4v) is 0. The van der Waals surface area contributed by atoms with Crippen LogP contribution >= 0.6 is 0 Å². The molecule has 0 fully saturated rings. The van der Waals surface area contributed by atoms with Crippen LogP contribution in [0.1, 0.15) is 0 Å². The van der Waals surface area contributed by atoms with E-state index in [-0.39, 0.29) is 51.1 Å². The van der Waals surface area contributed by atoms with E-state index in [2.05, 4.69) is 0 Å². The van der Waals surface area contributed by atoms with E-state index in [0.717, 1.165) is 0 Å².